The van der Waals surface area contributed by atoms with Gasteiger partial charge in [-0.15, -0.1) is 5.10 Å². The molecule has 0 radical (unpaired) electrons. The van der Waals surface area contributed by atoms with E-state index in [1.807, 2.05) is 25.1 Å². The molecule has 0 saturated heterocycles. The van der Waals surface area contributed by atoms with Gasteiger partial charge in [-0.25, -0.2) is 4.68 Å². The van der Waals surface area contributed by atoms with Crippen molar-refractivity contribution < 1.29 is 9.84 Å². The smallest absolute Gasteiger partial charge is 0.133 e. The minimum absolute atomic E-state index is 0.545. The van der Waals surface area contributed by atoms with E-state index in [2.05, 4.69) is 26.2 Å². The van der Waals surface area contributed by atoms with E-state index in [0.717, 1.165) is 15.8 Å². The van der Waals surface area contributed by atoms with Crippen LogP contribution in [0.5, 0.6) is 5.75 Å². The quantitative estimate of drug-likeness (QED) is 0.917. The monoisotopic (exact) mass is 325 g/mol. The number of hydrogen-bond donors (Lipinski definition) is 1. The SMILES string of the molecule is CCC(O)c1cn(Cc2ccc(OC)c(Br)c2)nn1. The van der Waals surface area contributed by atoms with E-state index < -0.39 is 6.10 Å². The topological polar surface area (TPSA) is 60.2 Å². The highest BCUT2D eigenvalue weighted by Gasteiger charge is 2.10. The van der Waals surface area contributed by atoms with Crippen molar-refractivity contribution in [3.63, 3.8) is 0 Å². The van der Waals surface area contributed by atoms with Crippen LogP contribution >= 0.6 is 15.9 Å². The summed E-state index contributed by atoms with van der Waals surface area (Å²) >= 11 is 3.45. The zero-order valence-corrected chi connectivity index (χ0v) is 12.5. The molecule has 1 aromatic carbocycles. The fraction of sp³-hybridized carbons (Fsp3) is 0.385. The van der Waals surface area contributed by atoms with Crippen LogP contribution in [-0.4, -0.2) is 27.2 Å². The van der Waals surface area contributed by atoms with Crippen molar-refractivity contribution in [1.82, 2.24) is 15.0 Å². The summed E-state index contributed by atoms with van der Waals surface area (Å²) < 4.78 is 7.80. The number of nitrogens with zero attached hydrogens (tertiary/aromatic N) is 3. The maximum Gasteiger partial charge on any atom is 0.133 e. The molecule has 1 heterocycles. The molecule has 5 nitrogen and oxygen atoms in total. The molecule has 19 heavy (non-hydrogen) atoms. The van der Waals surface area contributed by atoms with E-state index in [4.69, 9.17) is 4.74 Å². The predicted octanol–water partition coefficient (Wildman–Crippen LogP) is 2.54. The van der Waals surface area contributed by atoms with E-state index in [1.165, 1.54) is 0 Å². The Morgan fingerprint density at radius 3 is 2.89 bits per heavy atom. The Labute approximate surface area is 120 Å². The Morgan fingerprint density at radius 2 is 2.26 bits per heavy atom. The molecule has 0 aliphatic heterocycles. The Morgan fingerprint density at radius 1 is 1.47 bits per heavy atom. The largest absolute Gasteiger partial charge is 0.496 e. The fourth-order valence-electron chi connectivity index (χ4n) is 1.75. The molecule has 0 bridgehead atoms. The second-order valence-electron chi connectivity index (χ2n) is 4.23. The molecule has 0 fully saturated rings. The summed E-state index contributed by atoms with van der Waals surface area (Å²) in [6, 6.07) is 5.86. The molecule has 2 rings (SSSR count). The Hall–Kier alpha value is -1.40. The molecular formula is C13H16BrN3O2. The first-order valence-electron chi connectivity index (χ1n) is 6.04. The average molecular weight is 326 g/mol. The van der Waals surface area contributed by atoms with Gasteiger partial charge in [-0.3, -0.25) is 0 Å². The molecule has 0 aliphatic carbocycles. The highest BCUT2D eigenvalue weighted by molar-refractivity contribution is 9.10. The normalized spacial score (nSPS) is 12.4. The van der Waals surface area contributed by atoms with E-state index in [9.17, 15) is 5.11 Å². The third kappa shape index (κ3) is 3.33. The van der Waals surface area contributed by atoms with Gasteiger partial charge in [0.2, 0.25) is 0 Å². The third-order valence-corrected chi connectivity index (χ3v) is 3.46. The highest BCUT2D eigenvalue weighted by Crippen LogP contribution is 2.25. The van der Waals surface area contributed by atoms with Gasteiger partial charge in [0.15, 0.2) is 0 Å². The second-order valence-corrected chi connectivity index (χ2v) is 5.09. The minimum atomic E-state index is -0.545. The summed E-state index contributed by atoms with van der Waals surface area (Å²) in [4.78, 5) is 0. The van der Waals surface area contributed by atoms with Crippen LogP contribution in [0.3, 0.4) is 0 Å². The lowest BCUT2D eigenvalue weighted by atomic mass is 10.2. The van der Waals surface area contributed by atoms with Crippen molar-refractivity contribution in [2.24, 2.45) is 0 Å². The van der Waals surface area contributed by atoms with Crippen LogP contribution in [0, 0.1) is 0 Å². The van der Waals surface area contributed by atoms with Gasteiger partial charge in [-0.2, -0.15) is 0 Å². The summed E-state index contributed by atoms with van der Waals surface area (Å²) in [7, 11) is 1.63. The van der Waals surface area contributed by atoms with Crippen molar-refractivity contribution in [1.29, 1.82) is 0 Å². The van der Waals surface area contributed by atoms with Crippen LogP contribution in [0.4, 0.5) is 0 Å². The minimum Gasteiger partial charge on any atom is -0.496 e. The van der Waals surface area contributed by atoms with Gasteiger partial charge in [-0.05, 0) is 40.0 Å². The van der Waals surface area contributed by atoms with Crippen LogP contribution in [0.15, 0.2) is 28.9 Å². The summed E-state index contributed by atoms with van der Waals surface area (Å²) in [5.41, 5.74) is 1.69. The Balaban J connectivity index is 2.12. The number of aromatic nitrogens is 3. The molecule has 0 saturated carbocycles. The van der Waals surface area contributed by atoms with Gasteiger partial charge in [0, 0.05) is 0 Å². The number of benzene rings is 1. The number of halogens is 1. The van der Waals surface area contributed by atoms with Crippen molar-refractivity contribution >= 4 is 15.9 Å². The number of ether oxygens (including phenoxy) is 1. The zero-order valence-electron chi connectivity index (χ0n) is 10.9. The molecule has 1 unspecified atom stereocenters. The number of rotatable bonds is 5. The zero-order chi connectivity index (χ0) is 13.8. The van der Waals surface area contributed by atoms with E-state index in [1.54, 1.807) is 18.0 Å². The maximum atomic E-state index is 9.68. The number of aliphatic hydroxyl groups excluding tert-OH is 1. The number of methoxy groups -OCH3 is 1. The van der Waals surface area contributed by atoms with Gasteiger partial charge < -0.3 is 9.84 Å². The van der Waals surface area contributed by atoms with Crippen LogP contribution < -0.4 is 4.74 Å². The van der Waals surface area contributed by atoms with E-state index in [0.29, 0.717) is 18.7 Å². The van der Waals surface area contributed by atoms with Gasteiger partial charge in [-0.1, -0.05) is 18.2 Å². The van der Waals surface area contributed by atoms with E-state index >= 15 is 0 Å². The van der Waals surface area contributed by atoms with E-state index in [-0.39, 0.29) is 0 Å². The van der Waals surface area contributed by atoms with Crippen molar-refractivity contribution in [2.75, 3.05) is 7.11 Å². The fourth-order valence-corrected chi connectivity index (χ4v) is 2.34. The Kier molecular flexibility index (Phi) is 4.55. The molecule has 0 amide bonds. The van der Waals surface area contributed by atoms with Gasteiger partial charge in [0.05, 0.1) is 30.4 Å². The standard InChI is InChI=1S/C13H16BrN3O2/c1-3-12(18)11-8-17(16-15-11)7-9-4-5-13(19-2)10(14)6-9/h4-6,8,12,18H,3,7H2,1-2H3. The first-order valence-corrected chi connectivity index (χ1v) is 6.83. The maximum absolute atomic E-state index is 9.68. The predicted molar refractivity (Wildman–Crippen MR) is 75.1 cm³/mol. The summed E-state index contributed by atoms with van der Waals surface area (Å²) in [5.74, 6) is 0.796. The molecule has 0 aliphatic rings. The second kappa shape index (κ2) is 6.16. The first kappa shape index (κ1) is 14.0. The van der Waals surface area contributed by atoms with Crippen LogP contribution in [0.1, 0.15) is 30.7 Å². The number of aliphatic hydroxyl groups is 1. The first-order chi connectivity index (χ1) is 9.13. The molecule has 2 aromatic rings. The molecule has 6 heteroatoms. The van der Waals surface area contributed by atoms with Crippen LogP contribution in [0.25, 0.3) is 0 Å². The Bertz CT molecular complexity index is 557. The summed E-state index contributed by atoms with van der Waals surface area (Å²) in [6.45, 7) is 2.51. The average Bonchev–Trinajstić information content (AvgIpc) is 2.86. The molecular weight excluding hydrogens is 310 g/mol. The lowest BCUT2D eigenvalue weighted by molar-refractivity contribution is 0.168. The van der Waals surface area contributed by atoms with Gasteiger partial charge >= 0.3 is 0 Å². The highest BCUT2D eigenvalue weighted by atomic mass is 79.9. The third-order valence-electron chi connectivity index (χ3n) is 2.85. The van der Waals surface area contributed by atoms with Crippen LogP contribution in [-0.2, 0) is 6.54 Å². The molecule has 1 N–H and O–H groups in total. The van der Waals surface area contributed by atoms with Crippen molar-refractivity contribution in [3.05, 3.63) is 40.1 Å². The molecule has 1 aromatic heterocycles. The molecule has 0 spiro atoms. The summed E-state index contributed by atoms with van der Waals surface area (Å²) in [6.07, 6.45) is 1.86. The molecule has 102 valence electrons. The van der Waals surface area contributed by atoms with Gasteiger partial charge in [0.25, 0.3) is 0 Å². The van der Waals surface area contributed by atoms with Crippen molar-refractivity contribution in [3.8, 4) is 5.75 Å². The lowest BCUT2D eigenvalue weighted by Crippen LogP contribution is -2.00. The van der Waals surface area contributed by atoms with Crippen LogP contribution in [0.2, 0.25) is 0 Å². The molecule has 1 atom stereocenters. The lowest BCUT2D eigenvalue weighted by Gasteiger charge is -2.06. The number of hydrogen-bond acceptors (Lipinski definition) is 4. The van der Waals surface area contributed by atoms with Crippen molar-refractivity contribution in [2.45, 2.75) is 26.0 Å². The van der Waals surface area contributed by atoms with Gasteiger partial charge in [0.1, 0.15) is 11.4 Å². The summed E-state index contributed by atoms with van der Waals surface area (Å²) in [5, 5.41) is 17.7.